The van der Waals surface area contributed by atoms with Gasteiger partial charge in [0.15, 0.2) is 5.78 Å². The lowest BCUT2D eigenvalue weighted by atomic mass is 10.0. The summed E-state index contributed by atoms with van der Waals surface area (Å²) in [5, 5.41) is 0. The van der Waals surface area contributed by atoms with Gasteiger partial charge in [0.1, 0.15) is 0 Å². The SMILES string of the molecule is CCc1ccc(N)c(C(C)=O)c1. The summed E-state index contributed by atoms with van der Waals surface area (Å²) < 4.78 is 0. The third-order valence-corrected chi connectivity index (χ3v) is 1.91. The monoisotopic (exact) mass is 163 g/mol. The average Bonchev–Trinajstić information content (AvgIpc) is 2.05. The zero-order valence-electron chi connectivity index (χ0n) is 7.42. The number of hydrogen-bond acceptors (Lipinski definition) is 2. The Bertz CT molecular complexity index is 305. The van der Waals surface area contributed by atoms with E-state index in [4.69, 9.17) is 5.73 Å². The summed E-state index contributed by atoms with van der Waals surface area (Å²) in [6.45, 7) is 3.58. The second kappa shape index (κ2) is 3.39. The lowest BCUT2D eigenvalue weighted by Gasteiger charge is -2.03. The van der Waals surface area contributed by atoms with Crippen molar-refractivity contribution >= 4 is 11.5 Å². The highest BCUT2D eigenvalue weighted by molar-refractivity contribution is 5.99. The Kier molecular flexibility index (Phi) is 2.48. The van der Waals surface area contributed by atoms with Crippen LogP contribution in [0.15, 0.2) is 18.2 Å². The van der Waals surface area contributed by atoms with Crippen LogP contribution in [0.1, 0.15) is 29.8 Å². The number of carbonyl (C=O) groups excluding carboxylic acids is 1. The van der Waals surface area contributed by atoms with Gasteiger partial charge in [-0.3, -0.25) is 4.79 Å². The smallest absolute Gasteiger partial charge is 0.161 e. The van der Waals surface area contributed by atoms with Crippen LogP contribution < -0.4 is 5.73 Å². The molecule has 0 fully saturated rings. The lowest BCUT2D eigenvalue weighted by molar-refractivity contribution is 0.101. The van der Waals surface area contributed by atoms with Crippen LogP contribution >= 0.6 is 0 Å². The largest absolute Gasteiger partial charge is 0.398 e. The van der Waals surface area contributed by atoms with Crippen molar-refractivity contribution < 1.29 is 4.79 Å². The van der Waals surface area contributed by atoms with E-state index < -0.39 is 0 Å². The van der Waals surface area contributed by atoms with Gasteiger partial charge >= 0.3 is 0 Å². The van der Waals surface area contributed by atoms with Crippen molar-refractivity contribution in [3.05, 3.63) is 29.3 Å². The second-order valence-corrected chi connectivity index (χ2v) is 2.83. The number of anilines is 1. The Morgan fingerprint density at radius 1 is 1.50 bits per heavy atom. The van der Waals surface area contributed by atoms with E-state index in [9.17, 15) is 4.79 Å². The fourth-order valence-corrected chi connectivity index (χ4v) is 1.13. The van der Waals surface area contributed by atoms with E-state index in [-0.39, 0.29) is 5.78 Å². The highest BCUT2D eigenvalue weighted by Gasteiger charge is 2.04. The molecule has 0 saturated carbocycles. The standard InChI is InChI=1S/C10H13NO/c1-3-8-4-5-10(11)9(6-8)7(2)12/h4-6H,3,11H2,1-2H3. The van der Waals surface area contributed by atoms with Crippen LogP contribution in [0.25, 0.3) is 0 Å². The van der Waals surface area contributed by atoms with Crippen LogP contribution in [0, 0.1) is 0 Å². The number of ketones is 1. The first-order valence-corrected chi connectivity index (χ1v) is 4.04. The summed E-state index contributed by atoms with van der Waals surface area (Å²) in [6, 6.07) is 5.59. The quantitative estimate of drug-likeness (QED) is 0.535. The van der Waals surface area contributed by atoms with E-state index in [1.54, 1.807) is 6.07 Å². The lowest BCUT2D eigenvalue weighted by Crippen LogP contribution is -2.00. The molecular weight excluding hydrogens is 150 g/mol. The van der Waals surface area contributed by atoms with Crippen molar-refractivity contribution in [1.29, 1.82) is 0 Å². The number of nitrogen functional groups attached to an aromatic ring is 1. The Morgan fingerprint density at radius 2 is 2.17 bits per heavy atom. The topological polar surface area (TPSA) is 43.1 Å². The Hall–Kier alpha value is -1.31. The van der Waals surface area contributed by atoms with E-state index in [0.29, 0.717) is 11.3 Å². The Morgan fingerprint density at radius 3 is 2.67 bits per heavy atom. The van der Waals surface area contributed by atoms with Crippen LogP contribution in [0.3, 0.4) is 0 Å². The molecule has 64 valence electrons. The number of Topliss-reactive ketones (excluding diaryl/α,β-unsaturated/α-hetero) is 1. The average molecular weight is 163 g/mol. The summed E-state index contributed by atoms with van der Waals surface area (Å²) in [5.41, 5.74) is 7.97. The predicted octanol–water partition coefficient (Wildman–Crippen LogP) is 2.03. The molecule has 0 atom stereocenters. The number of aryl methyl sites for hydroxylation is 1. The summed E-state index contributed by atoms with van der Waals surface area (Å²) in [4.78, 5) is 11.1. The fraction of sp³-hybridized carbons (Fsp3) is 0.300. The zero-order chi connectivity index (χ0) is 9.14. The molecule has 0 spiro atoms. The van der Waals surface area contributed by atoms with Crippen molar-refractivity contribution in [2.75, 3.05) is 5.73 Å². The minimum Gasteiger partial charge on any atom is -0.398 e. The molecular formula is C10H13NO. The first-order valence-electron chi connectivity index (χ1n) is 4.04. The van der Waals surface area contributed by atoms with Gasteiger partial charge in [-0.2, -0.15) is 0 Å². The maximum atomic E-state index is 11.1. The second-order valence-electron chi connectivity index (χ2n) is 2.83. The summed E-state index contributed by atoms with van der Waals surface area (Å²) in [6.07, 6.45) is 0.931. The highest BCUT2D eigenvalue weighted by atomic mass is 16.1. The zero-order valence-corrected chi connectivity index (χ0v) is 7.42. The van der Waals surface area contributed by atoms with E-state index >= 15 is 0 Å². The molecule has 1 aromatic rings. The van der Waals surface area contributed by atoms with Gasteiger partial charge in [-0.25, -0.2) is 0 Å². The number of nitrogens with two attached hydrogens (primary N) is 1. The van der Waals surface area contributed by atoms with Gasteiger partial charge in [0.05, 0.1) is 0 Å². The van der Waals surface area contributed by atoms with Gasteiger partial charge in [-0.05, 0) is 31.0 Å². The van der Waals surface area contributed by atoms with Crippen molar-refractivity contribution in [3.8, 4) is 0 Å². The number of benzene rings is 1. The molecule has 0 aliphatic carbocycles. The maximum absolute atomic E-state index is 11.1. The molecule has 2 nitrogen and oxygen atoms in total. The molecule has 12 heavy (non-hydrogen) atoms. The van der Waals surface area contributed by atoms with Crippen molar-refractivity contribution in [2.24, 2.45) is 0 Å². The highest BCUT2D eigenvalue weighted by Crippen LogP contribution is 2.14. The van der Waals surface area contributed by atoms with Crippen LogP contribution in [0.4, 0.5) is 5.69 Å². The van der Waals surface area contributed by atoms with Gasteiger partial charge in [-0.15, -0.1) is 0 Å². The first-order chi connectivity index (χ1) is 5.65. The molecule has 1 rings (SSSR count). The molecule has 1 aromatic carbocycles. The molecule has 2 heteroatoms. The van der Waals surface area contributed by atoms with Gasteiger partial charge in [0.2, 0.25) is 0 Å². The third-order valence-electron chi connectivity index (χ3n) is 1.91. The molecule has 0 radical (unpaired) electrons. The maximum Gasteiger partial charge on any atom is 0.161 e. The van der Waals surface area contributed by atoms with Crippen molar-refractivity contribution in [3.63, 3.8) is 0 Å². The molecule has 0 saturated heterocycles. The number of hydrogen-bond donors (Lipinski definition) is 1. The van der Waals surface area contributed by atoms with Crippen LogP contribution in [-0.2, 0) is 6.42 Å². The predicted molar refractivity (Wildman–Crippen MR) is 50.2 cm³/mol. The third kappa shape index (κ3) is 1.64. The first kappa shape index (κ1) is 8.78. The normalized spacial score (nSPS) is 9.83. The van der Waals surface area contributed by atoms with Gasteiger partial charge in [0, 0.05) is 11.3 Å². The van der Waals surface area contributed by atoms with Crippen LogP contribution in [-0.4, -0.2) is 5.78 Å². The summed E-state index contributed by atoms with van der Waals surface area (Å²) in [7, 11) is 0. The minimum atomic E-state index is 0.0304. The minimum absolute atomic E-state index is 0.0304. The summed E-state index contributed by atoms with van der Waals surface area (Å²) >= 11 is 0. The van der Waals surface area contributed by atoms with E-state index in [0.717, 1.165) is 12.0 Å². The number of rotatable bonds is 2. The molecule has 2 N–H and O–H groups in total. The molecule has 0 aliphatic rings. The van der Waals surface area contributed by atoms with Gasteiger partial charge in [-0.1, -0.05) is 13.0 Å². The van der Waals surface area contributed by atoms with Crippen molar-refractivity contribution in [1.82, 2.24) is 0 Å². The molecule has 0 aromatic heterocycles. The molecule has 0 bridgehead atoms. The molecule has 0 aliphatic heterocycles. The van der Waals surface area contributed by atoms with E-state index in [1.165, 1.54) is 6.92 Å². The van der Waals surface area contributed by atoms with Gasteiger partial charge < -0.3 is 5.73 Å². The fourth-order valence-electron chi connectivity index (χ4n) is 1.13. The molecule has 0 amide bonds. The van der Waals surface area contributed by atoms with Crippen LogP contribution in [0.5, 0.6) is 0 Å². The van der Waals surface area contributed by atoms with Crippen molar-refractivity contribution in [2.45, 2.75) is 20.3 Å². The van der Waals surface area contributed by atoms with Gasteiger partial charge in [0.25, 0.3) is 0 Å². The van der Waals surface area contributed by atoms with Crippen LogP contribution in [0.2, 0.25) is 0 Å². The Labute approximate surface area is 72.4 Å². The Balaban J connectivity index is 3.17. The molecule has 0 unspecified atom stereocenters. The van der Waals surface area contributed by atoms with E-state index in [1.807, 2.05) is 12.1 Å². The molecule has 0 heterocycles. The number of carbonyl (C=O) groups is 1. The summed E-state index contributed by atoms with van der Waals surface area (Å²) in [5.74, 6) is 0.0304. The van der Waals surface area contributed by atoms with E-state index in [2.05, 4.69) is 6.92 Å².